The van der Waals surface area contributed by atoms with E-state index in [0.717, 1.165) is 11.2 Å². The van der Waals surface area contributed by atoms with E-state index in [1.165, 1.54) is 0 Å². The van der Waals surface area contributed by atoms with Crippen molar-refractivity contribution < 1.29 is 0 Å². The average molecular weight is 211 g/mol. The third-order valence-electron chi connectivity index (χ3n) is 2.13. The Balaban J connectivity index is 2.71. The molecule has 2 heterocycles. The summed E-state index contributed by atoms with van der Waals surface area (Å²) >= 11 is 5.92. The Kier molecular flexibility index (Phi) is 2.00. The van der Waals surface area contributed by atoms with Gasteiger partial charge in [0.25, 0.3) is 0 Å². The molecule has 5 heteroatoms. The summed E-state index contributed by atoms with van der Waals surface area (Å²) in [4.78, 5) is 5.98. The lowest BCUT2D eigenvalue weighted by atomic mass is 10.3. The number of nitrogens with zero attached hydrogens (tertiary/aromatic N) is 3. The van der Waals surface area contributed by atoms with Gasteiger partial charge in [0.05, 0.1) is 5.52 Å². The molecule has 0 amide bonds. The number of imidazole rings is 1. The molecule has 0 unspecified atom stereocenters. The van der Waals surface area contributed by atoms with E-state index in [1.807, 2.05) is 37.3 Å². The van der Waals surface area contributed by atoms with E-state index in [1.54, 1.807) is 4.40 Å². The van der Waals surface area contributed by atoms with E-state index in [9.17, 15) is 0 Å². The topological polar surface area (TPSA) is 46.6 Å². The van der Waals surface area contributed by atoms with Crippen molar-refractivity contribution in [2.24, 2.45) is 0 Å². The number of halogens is 1. The predicted octanol–water partition coefficient (Wildman–Crippen LogP) is 1.64. The van der Waals surface area contributed by atoms with Gasteiger partial charge in [-0.2, -0.15) is 0 Å². The van der Waals surface area contributed by atoms with E-state index < -0.39 is 0 Å². The van der Waals surface area contributed by atoms with Crippen molar-refractivity contribution in [3.05, 3.63) is 23.5 Å². The number of pyridine rings is 1. The fourth-order valence-corrected chi connectivity index (χ4v) is 1.57. The summed E-state index contributed by atoms with van der Waals surface area (Å²) in [5, 5.41) is 0.436. The molecule has 0 aliphatic carbocycles. The molecule has 0 bridgehead atoms. The minimum absolute atomic E-state index is 0.412. The van der Waals surface area contributed by atoms with Gasteiger partial charge in [-0.1, -0.05) is 11.6 Å². The molecular weight excluding hydrogens is 200 g/mol. The molecular formula is C9H11ClN4. The van der Waals surface area contributed by atoms with Gasteiger partial charge in [-0.15, -0.1) is 0 Å². The van der Waals surface area contributed by atoms with Crippen molar-refractivity contribution in [3.8, 4) is 0 Å². The molecule has 0 saturated heterocycles. The summed E-state index contributed by atoms with van der Waals surface area (Å²) < 4.78 is 1.76. The van der Waals surface area contributed by atoms with Crippen molar-refractivity contribution in [2.45, 2.75) is 0 Å². The lowest BCUT2D eigenvalue weighted by molar-refractivity contribution is 1.11. The molecule has 2 N–H and O–H groups in total. The highest BCUT2D eigenvalue weighted by Crippen LogP contribution is 2.23. The first-order valence-corrected chi connectivity index (χ1v) is 4.58. The summed E-state index contributed by atoms with van der Waals surface area (Å²) in [5.74, 6) is 0.412. The van der Waals surface area contributed by atoms with Gasteiger partial charge in [-0.25, -0.2) is 4.98 Å². The van der Waals surface area contributed by atoms with Crippen LogP contribution in [-0.4, -0.2) is 23.5 Å². The smallest absolute Gasteiger partial charge is 0.206 e. The molecule has 0 saturated carbocycles. The summed E-state index contributed by atoms with van der Waals surface area (Å²) in [5.41, 5.74) is 7.55. The second-order valence-electron chi connectivity index (χ2n) is 3.30. The fraction of sp³-hybridized carbons (Fsp3) is 0.222. The number of hydrogen-bond donors (Lipinski definition) is 1. The summed E-state index contributed by atoms with van der Waals surface area (Å²) in [7, 11) is 3.94. The number of anilines is 2. The first-order chi connectivity index (χ1) is 6.59. The number of nitrogen functional groups attached to an aromatic ring is 1. The van der Waals surface area contributed by atoms with Crippen molar-refractivity contribution in [2.75, 3.05) is 24.7 Å². The molecule has 0 aliphatic rings. The lowest BCUT2D eigenvalue weighted by Crippen LogP contribution is -2.08. The van der Waals surface area contributed by atoms with Gasteiger partial charge in [0.15, 0.2) is 5.15 Å². The zero-order chi connectivity index (χ0) is 10.3. The predicted molar refractivity (Wildman–Crippen MR) is 58.9 cm³/mol. The second kappa shape index (κ2) is 3.06. The summed E-state index contributed by atoms with van der Waals surface area (Å²) in [6.45, 7) is 0. The fourth-order valence-electron chi connectivity index (χ4n) is 1.34. The van der Waals surface area contributed by atoms with Crippen LogP contribution in [0, 0.1) is 0 Å². The van der Waals surface area contributed by atoms with Gasteiger partial charge < -0.3 is 10.6 Å². The van der Waals surface area contributed by atoms with Crippen LogP contribution in [0.25, 0.3) is 5.52 Å². The zero-order valence-electron chi connectivity index (χ0n) is 8.03. The molecule has 0 spiro atoms. The zero-order valence-corrected chi connectivity index (χ0v) is 8.78. The Morgan fingerprint density at radius 1 is 1.50 bits per heavy atom. The Morgan fingerprint density at radius 2 is 2.21 bits per heavy atom. The molecule has 2 aromatic heterocycles. The van der Waals surface area contributed by atoms with Crippen LogP contribution >= 0.6 is 11.6 Å². The highest BCUT2D eigenvalue weighted by Gasteiger charge is 2.07. The molecule has 2 rings (SSSR count). The van der Waals surface area contributed by atoms with Crippen LogP contribution in [0.2, 0.25) is 5.15 Å². The van der Waals surface area contributed by atoms with Gasteiger partial charge in [-0.3, -0.25) is 4.40 Å². The number of nitrogens with two attached hydrogens (primary N) is 1. The minimum Gasteiger partial charge on any atom is -0.378 e. The van der Waals surface area contributed by atoms with Crippen LogP contribution in [0.5, 0.6) is 0 Å². The SMILES string of the molecule is CN(C)c1ccn2c(N)nc(Cl)c2c1. The first-order valence-electron chi connectivity index (χ1n) is 4.20. The van der Waals surface area contributed by atoms with E-state index in [-0.39, 0.29) is 0 Å². The first kappa shape index (κ1) is 9.15. The minimum atomic E-state index is 0.412. The summed E-state index contributed by atoms with van der Waals surface area (Å²) in [6.07, 6.45) is 1.86. The van der Waals surface area contributed by atoms with Crippen LogP contribution < -0.4 is 10.6 Å². The normalized spacial score (nSPS) is 10.8. The van der Waals surface area contributed by atoms with E-state index in [4.69, 9.17) is 17.3 Å². The molecule has 14 heavy (non-hydrogen) atoms. The molecule has 74 valence electrons. The molecule has 0 aliphatic heterocycles. The Morgan fingerprint density at radius 3 is 2.86 bits per heavy atom. The average Bonchev–Trinajstić information content (AvgIpc) is 2.42. The second-order valence-corrected chi connectivity index (χ2v) is 3.65. The van der Waals surface area contributed by atoms with Gasteiger partial charge in [0.2, 0.25) is 5.95 Å². The molecule has 0 atom stereocenters. The van der Waals surface area contributed by atoms with Gasteiger partial charge >= 0.3 is 0 Å². The van der Waals surface area contributed by atoms with E-state index in [2.05, 4.69) is 4.98 Å². The van der Waals surface area contributed by atoms with E-state index >= 15 is 0 Å². The highest BCUT2D eigenvalue weighted by molar-refractivity contribution is 6.33. The Bertz CT molecular complexity index is 475. The highest BCUT2D eigenvalue weighted by atomic mass is 35.5. The maximum absolute atomic E-state index is 5.92. The number of rotatable bonds is 1. The van der Waals surface area contributed by atoms with Crippen molar-refractivity contribution in [1.82, 2.24) is 9.38 Å². The van der Waals surface area contributed by atoms with Crippen LogP contribution in [0.3, 0.4) is 0 Å². The van der Waals surface area contributed by atoms with Crippen LogP contribution in [0.15, 0.2) is 18.3 Å². The number of hydrogen-bond acceptors (Lipinski definition) is 3. The van der Waals surface area contributed by atoms with Crippen molar-refractivity contribution in [3.63, 3.8) is 0 Å². The van der Waals surface area contributed by atoms with Gasteiger partial charge in [-0.05, 0) is 12.1 Å². The molecule has 0 aromatic carbocycles. The molecule has 2 aromatic rings. The van der Waals surface area contributed by atoms with Crippen LogP contribution in [-0.2, 0) is 0 Å². The number of aromatic nitrogens is 2. The van der Waals surface area contributed by atoms with Crippen molar-refractivity contribution in [1.29, 1.82) is 0 Å². The van der Waals surface area contributed by atoms with Gasteiger partial charge in [0.1, 0.15) is 0 Å². The molecule has 0 radical (unpaired) electrons. The monoisotopic (exact) mass is 210 g/mol. The van der Waals surface area contributed by atoms with Crippen LogP contribution in [0.1, 0.15) is 0 Å². The maximum atomic E-state index is 5.92. The van der Waals surface area contributed by atoms with Crippen molar-refractivity contribution >= 4 is 28.8 Å². The van der Waals surface area contributed by atoms with E-state index in [0.29, 0.717) is 11.1 Å². The van der Waals surface area contributed by atoms with Gasteiger partial charge in [0, 0.05) is 26.0 Å². The standard InChI is InChI=1S/C9H11ClN4/c1-13(2)6-3-4-14-7(5-6)8(10)12-9(14)11/h3-5H,1-2H3,(H2,11,12). The maximum Gasteiger partial charge on any atom is 0.206 e. The Labute approximate surface area is 86.9 Å². The molecule has 0 fully saturated rings. The Hall–Kier alpha value is -1.42. The lowest BCUT2D eigenvalue weighted by Gasteiger charge is -2.12. The third-order valence-corrected chi connectivity index (χ3v) is 2.40. The largest absolute Gasteiger partial charge is 0.378 e. The third kappa shape index (κ3) is 1.28. The summed E-state index contributed by atoms with van der Waals surface area (Å²) in [6, 6.07) is 3.91. The molecule has 4 nitrogen and oxygen atoms in total. The quantitative estimate of drug-likeness (QED) is 0.779. The number of fused-ring (bicyclic) bond motifs is 1. The van der Waals surface area contributed by atoms with Crippen LogP contribution in [0.4, 0.5) is 11.6 Å².